The van der Waals surface area contributed by atoms with Crippen molar-refractivity contribution in [2.24, 2.45) is 0 Å². The zero-order valence-electron chi connectivity index (χ0n) is 15.1. The van der Waals surface area contributed by atoms with Crippen LogP contribution in [0.5, 0.6) is 0 Å². The summed E-state index contributed by atoms with van der Waals surface area (Å²) in [5.41, 5.74) is 1.06. The van der Waals surface area contributed by atoms with Gasteiger partial charge in [-0.05, 0) is 37.5 Å². The number of aromatic nitrogens is 2. The van der Waals surface area contributed by atoms with Crippen molar-refractivity contribution in [2.45, 2.75) is 38.3 Å². The van der Waals surface area contributed by atoms with Crippen LogP contribution in [0.2, 0.25) is 0 Å². The van der Waals surface area contributed by atoms with Crippen LogP contribution in [0.1, 0.15) is 30.3 Å². The third-order valence-corrected chi connectivity index (χ3v) is 6.23. The molecule has 0 N–H and O–H groups in total. The number of hydrogen-bond acceptors (Lipinski definition) is 6. The van der Waals surface area contributed by atoms with Crippen LogP contribution in [-0.4, -0.2) is 60.0 Å². The van der Waals surface area contributed by atoms with Gasteiger partial charge in [0.2, 0.25) is 5.13 Å². The Bertz CT molecular complexity index is 715. The molecule has 0 bridgehead atoms. The van der Waals surface area contributed by atoms with Gasteiger partial charge in [0.25, 0.3) is 0 Å². The van der Waals surface area contributed by atoms with E-state index in [0.29, 0.717) is 18.6 Å². The van der Waals surface area contributed by atoms with Crippen LogP contribution in [0.15, 0.2) is 24.3 Å². The van der Waals surface area contributed by atoms with Crippen molar-refractivity contribution >= 4 is 16.5 Å². The summed E-state index contributed by atoms with van der Waals surface area (Å²) < 4.78 is 18.7. The average Bonchev–Trinajstić information content (AvgIpc) is 3.12. The molecule has 0 radical (unpaired) electrons. The van der Waals surface area contributed by atoms with Gasteiger partial charge >= 0.3 is 0 Å². The van der Waals surface area contributed by atoms with E-state index in [1.54, 1.807) is 11.3 Å². The van der Waals surface area contributed by atoms with Crippen molar-refractivity contribution < 1.29 is 9.13 Å². The molecule has 0 aliphatic carbocycles. The van der Waals surface area contributed by atoms with Crippen molar-refractivity contribution in [2.75, 3.05) is 37.7 Å². The van der Waals surface area contributed by atoms with E-state index < -0.39 is 0 Å². The summed E-state index contributed by atoms with van der Waals surface area (Å²) in [6, 6.07) is 7.27. The van der Waals surface area contributed by atoms with Crippen LogP contribution in [0, 0.1) is 5.82 Å². The number of rotatable bonds is 4. The van der Waals surface area contributed by atoms with Crippen molar-refractivity contribution in [3.63, 3.8) is 0 Å². The molecule has 7 heteroatoms. The van der Waals surface area contributed by atoms with Gasteiger partial charge < -0.3 is 9.64 Å². The highest BCUT2D eigenvalue weighted by Crippen LogP contribution is 2.27. The summed E-state index contributed by atoms with van der Waals surface area (Å²) in [6.45, 7) is 7.17. The van der Waals surface area contributed by atoms with Gasteiger partial charge in [0.05, 0.1) is 12.7 Å². The summed E-state index contributed by atoms with van der Waals surface area (Å²) in [4.78, 5) is 4.94. The van der Waals surface area contributed by atoms with Gasteiger partial charge in [-0.3, -0.25) is 4.90 Å². The van der Waals surface area contributed by atoms with Gasteiger partial charge in [0, 0.05) is 38.6 Å². The molecule has 2 aliphatic heterocycles. The summed E-state index contributed by atoms with van der Waals surface area (Å²) in [7, 11) is 0. The number of anilines is 1. The number of ether oxygens (including phenoxy) is 1. The van der Waals surface area contributed by atoms with Gasteiger partial charge in [0.1, 0.15) is 10.8 Å². The Kier molecular flexibility index (Phi) is 5.47. The Morgan fingerprint density at radius 3 is 2.65 bits per heavy atom. The first kappa shape index (κ1) is 17.8. The molecule has 1 unspecified atom stereocenters. The number of piperidine rings is 1. The molecule has 2 aliphatic rings. The van der Waals surface area contributed by atoms with Gasteiger partial charge in [0.15, 0.2) is 0 Å². The average molecular weight is 377 g/mol. The molecule has 1 atom stereocenters. The molecule has 2 saturated heterocycles. The maximum atomic E-state index is 13.0. The molecule has 2 fully saturated rings. The van der Waals surface area contributed by atoms with Gasteiger partial charge in [-0.15, -0.1) is 10.2 Å². The Balaban J connectivity index is 1.32. The number of benzene rings is 1. The molecule has 0 amide bonds. The predicted molar refractivity (Wildman–Crippen MR) is 101 cm³/mol. The molecule has 140 valence electrons. The number of nitrogens with zero attached hydrogens (tertiary/aromatic N) is 4. The van der Waals surface area contributed by atoms with Crippen LogP contribution >= 0.6 is 11.3 Å². The largest absolute Gasteiger partial charge is 0.376 e. The van der Waals surface area contributed by atoms with E-state index >= 15 is 0 Å². The van der Waals surface area contributed by atoms with Crippen molar-refractivity contribution in [1.82, 2.24) is 15.1 Å². The van der Waals surface area contributed by atoms with Crippen LogP contribution in [-0.2, 0) is 11.2 Å². The molecule has 2 aromatic rings. The molecule has 26 heavy (non-hydrogen) atoms. The van der Waals surface area contributed by atoms with Crippen molar-refractivity contribution in [3.8, 4) is 0 Å². The lowest BCUT2D eigenvalue weighted by molar-refractivity contribution is -0.0373. The van der Waals surface area contributed by atoms with E-state index in [4.69, 9.17) is 4.74 Å². The van der Waals surface area contributed by atoms with Crippen LogP contribution < -0.4 is 4.90 Å². The Morgan fingerprint density at radius 1 is 1.15 bits per heavy atom. The molecule has 0 saturated carbocycles. The topological polar surface area (TPSA) is 41.5 Å². The third kappa shape index (κ3) is 4.22. The van der Waals surface area contributed by atoms with E-state index in [-0.39, 0.29) is 5.82 Å². The minimum absolute atomic E-state index is 0.204. The van der Waals surface area contributed by atoms with E-state index in [1.165, 1.54) is 25.0 Å². The number of halogens is 1. The SMILES string of the molecule is CC1CN(C2CCN(c3nnc(Cc4ccc(F)cc4)s3)CC2)CCO1. The third-order valence-electron chi connectivity index (χ3n) is 5.25. The molecule has 3 heterocycles. The molecular formula is C19H25FN4OS. The second-order valence-electron chi connectivity index (χ2n) is 7.18. The second kappa shape index (κ2) is 7.98. The first-order valence-electron chi connectivity index (χ1n) is 9.35. The van der Waals surface area contributed by atoms with E-state index in [0.717, 1.165) is 48.5 Å². The Morgan fingerprint density at radius 2 is 1.92 bits per heavy atom. The minimum Gasteiger partial charge on any atom is -0.376 e. The van der Waals surface area contributed by atoms with Gasteiger partial charge in [-0.25, -0.2) is 4.39 Å². The monoisotopic (exact) mass is 376 g/mol. The zero-order chi connectivity index (χ0) is 17.9. The van der Waals surface area contributed by atoms with E-state index in [9.17, 15) is 4.39 Å². The first-order chi connectivity index (χ1) is 12.7. The highest BCUT2D eigenvalue weighted by atomic mass is 32.1. The summed E-state index contributed by atoms with van der Waals surface area (Å²) in [6.07, 6.45) is 3.39. The number of morpholine rings is 1. The second-order valence-corrected chi connectivity index (χ2v) is 8.22. The molecular weight excluding hydrogens is 351 g/mol. The standard InChI is InChI=1S/C19H25FN4OS/c1-14-13-24(10-11-25-14)17-6-8-23(9-7-17)19-22-21-18(26-19)12-15-2-4-16(20)5-3-15/h2-5,14,17H,6-13H2,1H3. The zero-order valence-corrected chi connectivity index (χ0v) is 15.9. The smallest absolute Gasteiger partial charge is 0.208 e. The number of hydrogen-bond donors (Lipinski definition) is 0. The van der Waals surface area contributed by atoms with Gasteiger partial charge in [-0.2, -0.15) is 0 Å². The quantitative estimate of drug-likeness (QED) is 0.821. The summed E-state index contributed by atoms with van der Waals surface area (Å²) in [5.74, 6) is -0.204. The maximum Gasteiger partial charge on any atom is 0.208 e. The molecule has 4 rings (SSSR count). The molecule has 1 aromatic heterocycles. The summed E-state index contributed by atoms with van der Waals surface area (Å²) in [5, 5.41) is 10.7. The van der Waals surface area contributed by atoms with E-state index in [1.807, 2.05) is 12.1 Å². The molecule has 5 nitrogen and oxygen atoms in total. The van der Waals surface area contributed by atoms with Crippen LogP contribution in [0.4, 0.5) is 9.52 Å². The molecule has 1 aromatic carbocycles. The minimum atomic E-state index is -0.204. The lowest BCUT2D eigenvalue weighted by atomic mass is 10.0. The maximum absolute atomic E-state index is 13.0. The Labute approximate surface area is 157 Å². The van der Waals surface area contributed by atoms with E-state index in [2.05, 4.69) is 26.9 Å². The highest BCUT2D eigenvalue weighted by Gasteiger charge is 2.28. The lowest BCUT2D eigenvalue weighted by Crippen LogP contribution is -2.51. The molecule has 0 spiro atoms. The fraction of sp³-hybridized carbons (Fsp3) is 0.579. The van der Waals surface area contributed by atoms with Crippen molar-refractivity contribution in [1.29, 1.82) is 0 Å². The fourth-order valence-electron chi connectivity index (χ4n) is 3.82. The normalized spacial score (nSPS) is 22.7. The Hall–Kier alpha value is -1.57. The van der Waals surface area contributed by atoms with Gasteiger partial charge in [-0.1, -0.05) is 23.5 Å². The lowest BCUT2D eigenvalue weighted by Gasteiger charge is -2.41. The summed E-state index contributed by atoms with van der Waals surface area (Å²) >= 11 is 1.65. The predicted octanol–water partition coefficient (Wildman–Crippen LogP) is 2.96. The highest BCUT2D eigenvalue weighted by molar-refractivity contribution is 7.15. The first-order valence-corrected chi connectivity index (χ1v) is 10.2. The fourth-order valence-corrected chi connectivity index (χ4v) is 4.74. The van der Waals surface area contributed by atoms with Crippen LogP contribution in [0.3, 0.4) is 0 Å². The van der Waals surface area contributed by atoms with Crippen molar-refractivity contribution in [3.05, 3.63) is 40.7 Å². The van der Waals surface area contributed by atoms with Crippen LogP contribution in [0.25, 0.3) is 0 Å².